The van der Waals surface area contributed by atoms with Gasteiger partial charge >= 0.3 is 0 Å². The van der Waals surface area contributed by atoms with Crippen LogP contribution < -0.4 is 0 Å². The van der Waals surface area contributed by atoms with E-state index in [2.05, 4.69) is 14.9 Å². The second-order valence-corrected chi connectivity index (χ2v) is 6.67. The van der Waals surface area contributed by atoms with Crippen LogP contribution in [0.2, 0.25) is 5.02 Å². The smallest absolute Gasteiger partial charge is 0.124 e. The van der Waals surface area contributed by atoms with E-state index in [0.29, 0.717) is 24.1 Å². The topological polar surface area (TPSA) is 38.2 Å². The molecule has 1 fully saturated rings. The minimum Gasteiger partial charge on any atom is -0.380 e. The van der Waals surface area contributed by atoms with Gasteiger partial charge in [-0.15, -0.1) is 0 Å². The minimum absolute atomic E-state index is 0.306. The van der Waals surface area contributed by atoms with Crippen LogP contribution in [0.25, 0.3) is 0 Å². The van der Waals surface area contributed by atoms with Gasteiger partial charge < -0.3 is 4.74 Å². The molecule has 0 aliphatic carbocycles. The lowest BCUT2D eigenvalue weighted by atomic mass is 10.0. The molecule has 0 spiro atoms. The molecule has 0 unspecified atom stereocenters. The van der Waals surface area contributed by atoms with Crippen LogP contribution in [0.4, 0.5) is 4.39 Å². The third kappa shape index (κ3) is 4.72. The van der Waals surface area contributed by atoms with Crippen LogP contribution in [-0.4, -0.2) is 41.2 Å². The van der Waals surface area contributed by atoms with E-state index >= 15 is 0 Å². The molecular formula is C18H21ClFN3O. The van der Waals surface area contributed by atoms with Gasteiger partial charge in [-0.25, -0.2) is 14.4 Å². The van der Waals surface area contributed by atoms with E-state index < -0.39 is 0 Å². The molecule has 24 heavy (non-hydrogen) atoms. The quantitative estimate of drug-likeness (QED) is 0.849. The van der Waals surface area contributed by atoms with Crippen molar-refractivity contribution in [1.82, 2.24) is 14.9 Å². The fourth-order valence-corrected chi connectivity index (χ4v) is 3.25. The summed E-state index contributed by atoms with van der Waals surface area (Å²) in [4.78, 5) is 10.8. The molecule has 0 amide bonds. The summed E-state index contributed by atoms with van der Waals surface area (Å²) in [6, 6.07) is 6.60. The summed E-state index contributed by atoms with van der Waals surface area (Å²) >= 11 is 6.16. The lowest BCUT2D eigenvalue weighted by molar-refractivity contribution is 0.121. The van der Waals surface area contributed by atoms with E-state index in [1.165, 1.54) is 12.1 Å². The summed E-state index contributed by atoms with van der Waals surface area (Å²) in [5.74, 6) is 0.0565. The number of hydrogen-bond donors (Lipinski definition) is 0. The van der Waals surface area contributed by atoms with Crippen molar-refractivity contribution in [3.05, 3.63) is 58.4 Å². The Labute approximate surface area is 146 Å². The third-order valence-corrected chi connectivity index (χ3v) is 4.54. The molecule has 0 bridgehead atoms. The predicted molar refractivity (Wildman–Crippen MR) is 91.5 cm³/mol. The van der Waals surface area contributed by atoms with E-state index in [0.717, 1.165) is 43.1 Å². The zero-order chi connectivity index (χ0) is 16.9. The highest BCUT2D eigenvalue weighted by Crippen LogP contribution is 2.21. The predicted octanol–water partition coefficient (Wildman–Crippen LogP) is 3.27. The number of hydrogen-bond acceptors (Lipinski definition) is 4. The van der Waals surface area contributed by atoms with Gasteiger partial charge in [-0.1, -0.05) is 17.7 Å². The SMILES string of the molecule is Cc1cc(C[C@@H]2COCCN(Cc3ccc(F)cc3Cl)C2)ncn1. The normalized spacial score (nSPS) is 19.2. The standard InChI is InChI=1S/C18H21ClFN3O/c1-13-6-17(22-12-21-13)7-14-9-23(4-5-24-11-14)10-15-2-3-16(20)8-18(15)19/h2-3,6,8,12,14H,4-5,7,9-11H2,1H3/t14-/m0/s1. The van der Waals surface area contributed by atoms with Gasteiger partial charge in [0.1, 0.15) is 12.1 Å². The molecule has 1 aromatic heterocycles. The van der Waals surface area contributed by atoms with Crippen LogP contribution in [0.15, 0.2) is 30.6 Å². The Kier molecular flexibility index (Phi) is 5.76. The summed E-state index contributed by atoms with van der Waals surface area (Å²) in [6.45, 7) is 5.82. The Balaban J connectivity index is 1.66. The Morgan fingerprint density at radius 3 is 3.00 bits per heavy atom. The summed E-state index contributed by atoms with van der Waals surface area (Å²) in [5, 5.41) is 0.475. The number of nitrogens with zero attached hydrogens (tertiary/aromatic N) is 3. The summed E-state index contributed by atoms with van der Waals surface area (Å²) in [5.41, 5.74) is 2.96. The lowest BCUT2D eigenvalue weighted by Crippen LogP contribution is -2.30. The average Bonchev–Trinajstić information content (AvgIpc) is 2.75. The van der Waals surface area contributed by atoms with Crippen LogP contribution >= 0.6 is 11.6 Å². The summed E-state index contributed by atoms with van der Waals surface area (Å²) < 4.78 is 18.9. The number of ether oxygens (including phenoxy) is 1. The van der Waals surface area contributed by atoms with Gasteiger partial charge in [-0.2, -0.15) is 0 Å². The van der Waals surface area contributed by atoms with Crippen LogP contribution in [-0.2, 0) is 17.7 Å². The monoisotopic (exact) mass is 349 g/mol. The highest BCUT2D eigenvalue weighted by Gasteiger charge is 2.20. The van der Waals surface area contributed by atoms with Crippen molar-refractivity contribution in [2.75, 3.05) is 26.3 Å². The van der Waals surface area contributed by atoms with Crippen molar-refractivity contribution >= 4 is 11.6 Å². The van der Waals surface area contributed by atoms with E-state index in [-0.39, 0.29) is 5.82 Å². The maximum Gasteiger partial charge on any atom is 0.124 e. The first-order chi connectivity index (χ1) is 11.6. The van der Waals surface area contributed by atoms with Crippen molar-refractivity contribution in [2.45, 2.75) is 19.9 Å². The Hall–Kier alpha value is -1.56. The van der Waals surface area contributed by atoms with Crippen LogP contribution in [0, 0.1) is 18.7 Å². The summed E-state index contributed by atoms with van der Waals surface area (Å²) in [6.07, 6.45) is 2.47. The first-order valence-electron chi connectivity index (χ1n) is 8.11. The number of rotatable bonds is 4. The summed E-state index contributed by atoms with van der Waals surface area (Å²) in [7, 11) is 0. The van der Waals surface area contributed by atoms with Crippen LogP contribution in [0.5, 0.6) is 0 Å². The molecule has 4 nitrogen and oxygen atoms in total. The van der Waals surface area contributed by atoms with Crippen molar-refractivity contribution in [3.8, 4) is 0 Å². The van der Waals surface area contributed by atoms with Crippen molar-refractivity contribution in [2.24, 2.45) is 5.92 Å². The molecule has 0 radical (unpaired) electrons. The average molecular weight is 350 g/mol. The fraction of sp³-hybridized carbons (Fsp3) is 0.444. The first kappa shape index (κ1) is 17.3. The fourth-order valence-electron chi connectivity index (χ4n) is 3.03. The van der Waals surface area contributed by atoms with Crippen molar-refractivity contribution < 1.29 is 9.13 Å². The van der Waals surface area contributed by atoms with Gasteiger partial charge in [0.05, 0.1) is 13.2 Å². The Morgan fingerprint density at radius 2 is 2.21 bits per heavy atom. The van der Waals surface area contributed by atoms with Gasteiger partial charge in [-0.3, -0.25) is 4.90 Å². The van der Waals surface area contributed by atoms with Gasteiger partial charge in [0, 0.05) is 42.0 Å². The van der Waals surface area contributed by atoms with E-state index in [9.17, 15) is 4.39 Å². The minimum atomic E-state index is -0.306. The van der Waals surface area contributed by atoms with Gasteiger partial charge in [-0.05, 0) is 37.1 Å². The molecule has 6 heteroatoms. The van der Waals surface area contributed by atoms with E-state index in [1.807, 2.05) is 13.0 Å². The number of benzene rings is 1. The van der Waals surface area contributed by atoms with Crippen LogP contribution in [0.1, 0.15) is 17.0 Å². The molecule has 0 saturated carbocycles. The molecule has 1 aliphatic rings. The van der Waals surface area contributed by atoms with Gasteiger partial charge in [0.25, 0.3) is 0 Å². The number of aromatic nitrogens is 2. The molecule has 2 aromatic rings. The number of aryl methyl sites for hydroxylation is 1. The second kappa shape index (κ2) is 8.01. The molecule has 1 aliphatic heterocycles. The molecule has 3 rings (SSSR count). The molecule has 128 valence electrons. The molecular weight excluding hydrogens is 329 g/mol. The van der Waals surface area contributed by atoms with Crippen LogP contribution in [0.3, 0.4) is 0 Å². The molecule has 1 aromatic carbocycles. The van der Waals surface area contributed by atoms with Crippen molar-refractivity contribution in [1.29, 1.82) is 0 Å². The molecule has 1 saturated heterocycles. The lowest BCUT2D eigenvalue weighted by Gasteiger charge is -2.23. The third-order valence-electron chi connectivity index (χ3n) is 4.19. The first-order valence-corrected chi connectivity index (χ1v) is 8.49. The molecule has 2 heterocycles. The zero-order valence-corrected chi connectivity index (χ0v) is 14.5. The Bertz CT molecular complexity index is 698. The second-order valence-electron chi connectivity index (χ2n) is 6.27. The molecule has 1 atom stereocenters. The van der Waals surface area contributed by atoms with Crippen molar-refractivity contribution in [3.63, 3.8) is 0 Å². The van der Waals surface area contributed by atoms with Gasteiger partial charge in [0.2, 0.25) is 0 Å². The highest BCUT2D eigenvalue weighted by molar-refractivity contribution is 6.31. The highest BCUT2D eigenvalue weighted by atomic mass is 35.5. The Morgan fingerprint density at radius 1 is 1.33 bits per heavy atom. The number of halogens is 2. The zero-order valence-electron chi connectivity index (χ0n) is 13.7. The van der Waals surface area contributed by atoms with Gasteiger partial charge in [0.15, 0.2) is 0 Å². The largest absolute Gasteiger partial charge is 0.380 e. The van der Waals surface area contributed by atoms with E-state index in [1.54, 1.807) is 12.4 Å². The maximum absolute atomic E-state index is 13.2. The maximum atomic E-state index is 13.2. The molecule has 0 N–H and O–H groups in total. The van der Waals surface area contributed by atoms with E-state index in [4.69, 9.17) is 16.3 Å².